The lowest BCUT2D eigenvalue weighted by molar-refractivity contribution is 0.636. The first kappa shape index (κ1) is 24.5. The number of nitrogen functional groups attached to an aromatic ring is 1. The van der Waals surface area contributed by atoms with Crippen LogP contribution in [0.15, 0.2) is 112 Å². The van der Waals surface area contributed by atoms with Crippen LogP contribution in [0, 0.1) is 0 Å². The highest BCUT2D eigenvalue weighted by molar-refractivity contribution is 6.05. The number of hydrogen-bond donors (Lipinski definition) is 1. The van der Waals surface area contributed by atoms with Gasteiger partial charge < -0.3 is 19.5 Å². The minimum absolute atomic E-state index is 0.0654. The number of furan rings is 2. The molecule has 0 fully saturated rings. The van der Waals surface area contributed by atoms with E-state index >= 15 is 0 Å². The molecular weight excluding hydrogens is 518 g/mol. The summed E-state index contributed by atoms with van der Waals surface area (Å²) in [6.07, 6.45) is 5.74. The van der Waals surface area contributed by atoms with Crippen molar-refractivity contribution in [3.05, 3.63) is 120 Å². The Hall–Kier alpha value is -5.29. The van der Waals surface area contributed by atoms with Crippen molar-refractivity contribution in [2.75, 3.05) is 10.6 Å². The Kier molecular flexibility index (Phi) is 5.16. The number of allylic oxidation sites excluding steroid dienone is 1. The van der Waals surface area contributed by atoms with Gasteiger partial charge in [0.1, 0.15) is 11.2 Å². The maximum atomic E-state index is 6.27. The number of rotatable bonds is 4. The molecule has 0 aliphatic heterocycles. The molecule has 204 valence electrons. The van der Waals surface area contributed by atoms with Gasteiger partial charge in [-0.15, -0.1) is 0 Å². The zero-order valence-electron chi connectivity index (χ0n) is 23.7. The number of hydrogen-bond acceptors (Lipinski definition) is 5. The van der Waals surface area contributed by atoms with Gasteiger partial charge in [0.2, 0.25) is 5.71 Å². The molecular formula is C37H29N3O2. The van der Waals surface area contributed by atoms with Crippen molar-refractivity contribution < 1.29 is 8.83 Å². The summed E-state index contributed by atoms with van der Waals surface area (Å²) in [7, 11) is 0. The van der Waals surface area contributed by atoms with Crippen molar-refractivity contribution in [3.63, 3.8) is 0 Å². The largest absolute Gasteiger partial charge is 0.440 e. The van der Waals surface area contributed by atoms with Gasteiger partial charge in [0.15, 0.2) is 5.88 Å². The van der Waals surface area contributed by atoms with Gasteiger partial charge >= 0.3 is 0 Å². The molecule has 0 saturated heterocycles. The van der Waals surface area contributed by atoms with Crippen molar-refractivity contribution in [1.82, 2.24) is 4.98 Å². The Bertz CT molecular complexity index is 2220. The van der Waals surface area contributed by atoms with Crippen molar-refractivity contribution >= 4 is 62.1 Å². The first-order valence-corrected chi connectivity index (χ1v) is 14.2. The van der Waals surface area contributed by atoms with Crippen LogP contribution in [0.5, 0.6) is 0 Å². The van der Waals surface area contributed by atoms with Crippen LogP contribution in [-0.4, -0.2) is 4.98 Å². The van der Waals surface area contributed by atoms with Crippen molar-refractivity contribution in [3.8, 4) is 11.1 Å². The third-order valence-corrected chi connectivity index (χ3v) is 8.65. The van der Waals surface area contributed by atoms with Gasteiger partial charge in [-0.25, -0.2) is 4.98 Å². The van der Waals surface area contributed by atoms with Crippen LogP contribution in [0.2, 0.25) is 0 Å². The molecule has 1 aliphatic rings. The third-order valence-electron chi connectivity index (χ3n) is 8.65. The molecule has 0 atom stereocenters. The van der Waals surface area contributed by atoms with Gasteiger partial charge in [-0.1, -0.05) is 56.3 Å². The SMILES string of the molecule is C/C=C\c1c(N)oc2ccc(N(c3ccc4c(c3)-c3ccccc3C4(C)C)c3ccc4c(c3)oc3ncccc34)cc12. The Labute approximate surface area is 243 Å². The van der Waals surface area contributed by atoms with E-state index in [1.807, 2.05) is 37.3 Å². The summed E-state index contributed by atoms with van der Waals surface area (Å²) in [5.74, 6) is 0.416. The molecule has 42 heavy (non-hydrogen) atoms. The van der Waals surface area contributed by atoms with Crippen LogP contribution >= 0.6 is 0 Å². The average Bonchev–Trinajstić information content (AvgIpc) is 3.60. The summed E-state index contributed by atoms with van der Waals surface area (Å²) >= 11 is 0. The molecule has 2 N–H and O–H groups in total. The number of nitrogens with two attached hydrogens (primary N) is 1. The Morgan fingerprint density at radius 1 is 0.714 bits per heavy atom. The molecule has 5 heteroatoms. The van der Waals surface area contributed by atoms with E-state index in [2.05, 4.69) is 96.5 Å². The molecule has 0 bridgehead atoms. The van der Waals surface area contributed by atoms with E-state index in [0.717, 1.165) is 50.0 Å². The second kappa shape index (κ2) is 8.85. The molecule has 0 unspecified atom stereocenters. The zero-order valence-corrected chi connectivity index (χ0v) is 23.7. The lowest BCUT2D eigenvalue weighted by atomic mass is 9.82. The van der Waals surface area contributed by atoms with Crippen molar-refractivity contribution in [2.45, 2.75) is 26.2 Å². The van der Waals surface area contributed by atoms with Crippen LogP contribution in [0.3, 0.4) is 0 Å². The van der Waals surface area contributed by atoms with Gasteiger partial charge in [-0.2, -0.15) is 0 Å². The topological polar surface area (TPSA) is 68.4 Å². The molecule has 0 saturated carbocycles. The zero-order chi connectivity index (χ0) is 28.6. The minimum atomic E-state index is -0.0654. The summed E-state index contributed by atoms with van der Waals surface area (Å²) < 4.78 is 12.1. The monoisotopic (exact) mass is 547 g/mol. The highest BCUT2D eigenvalue weighted by atomic mass is 16.3. The fraction of sp³-hybridized carbons (Fsp3) is 0.108. The second-order valence-corrected chi connectivity index (χ2v) is 11.4. The summed E-state index contributed by atoms with van der Waals surface area (Å²) in [6.45, 7) is 6.59. The highest BCUT2D eigenvalue weighted by Crippen LogP contribution is 2.51. The van der Waals surface area contributed by atoms with E-state index in [0.29, 0.717) is 11.6 Å². The van der Waals surface area contributed by atoms with Crippen LogP contribution < -0.4 is 10.6 Å². The van der Waals surface area contributed by atoms with E-state index in [-0.39, 0.29) is 5.41 Å². The molecule has 4 aromatic carbocycles. The van der Waals surface area contributed by atoms with Gasteiger partial charge in [0, 0.05) is 56.5 Å². The number of benzene rings is 4. The lowest BCUT2D eigenvalue weighted by Crippen LogP contribution is -2.15. The first-order chi connectivity index (χ1) is 20.4. The van der Waals surface area contributed by atoms with Crippen molar-refractivity contribution in [2.24, 2.45) is 0 Å². The number of nitrogens with zero attached hydrogens (tertiary/aromatic N) is 2. The number of anilines is 4. The molecule has 7 aromatic rings. The molecule has 8 rings (SSSR count). The predicted octanol–water partition coefficient (Wildman–Crippen LogP) is 10.1. The molecule has 5 nitrogen and oxygen atoms in total. The van der Waals surface area contributed by atoms with E-state index < -0.39 is 0 Å². The molecule has 0 radical (unpaired) electrons. The van der Waals surface area contributed by atoms with Crippen LogP contribution in [0.25, 0.3) is 50.2 Å². The predicted molar refractivity (Wildman–Crippen MR) is 173 cm³/mol. The fourth-order valence-electron chi connectivity index (χ4n) is 6.63. The lowest BCUT2D eigenvalue weighted by Gasteiger charge is -2.27. The smallest absolute Gasteiger partial charge is 0.227 e. The number of fused-ring (bicyclic) bond motifs is 7. The second-order valence-electron chi connectivity index (χ2n) is 11.4. The fourth-order valence-corrected chi connectivity index (χ4v) is 6.63. The quantitative estimate of drug-likeness (QED) is 0.237. The number of aromatic nitrogens is 1. The third kappa shape index (κ3) is 3.46. The van der Waals surface area contributed by atoms with E-state index in [1.165, 1.54) is 22.3 Å². The first-order valence-electron chi connectivity index (χ1n) is 14.2. The maximum absolute atomic E-state index is 6.27. The molecule has 3 heterocycles. The molecule has 3 aromatic heterocycles. The molecule has 1 aliphatic carbocycles. The van der Waals surface area contributed by atoms with Gasteiger partial charge in [0.05, 0.1) is 0 Å². The van der Waals surface area contributed by atoms with Gasteiger partial charge in [-0.3, -0.25) is 0 Å². The number of pyridine rings is 1. The molecule has 0 amide bonds. The highest BCUT2D eigenvalue weighted by Gasteiger charge is 2.35. The summed E-state index contributed by atoms with van der Waals surface area (Å²) in [5.41, 5.74) is 17.5. The Morgan fingerprint density at radius 3 is 2.36 bits per heavy atom. The molecule has 0 spiro atoms. The Balaban J connectivity index is 1.37. The Morgan fingerprint density at radius 2 is 1.48 bits per heavy atom. The minimum Gasteiger partial charge on any atom is -0.440 e. The van der Waals surface area contributed by atoms with E-state index in [9.17, 15) is 0 Å². The van der Waals surface area contributed by atoms with Gasteiger partial charge in [-0.05, 0) is 83.8 Å². The van der Waals surface area contributed by atoms with Crippen LogP contribution in [0.4, 0.5) is 22.9 Å². The summed E-state index contributed by atoms with van der Waals surface area (Å²) in [4.78, 5) is 6.71. The summed E-state index contributed by atoms with van der Waals surface area (Å²) in [5, 5.41) is 3.02. The van der Waals surface area contributed by atoms with Crippen molar-refractivity contribution in [1.29, 1.82) is 0 Å². The van der Waals surface area contributed by atoms with E-state index in [1.54, 1.807) is 6.20 Å². The average molecular weight is 548 g/mol. The normalized spacial score (nSPS) is 13.8. The standard InChI is InChI=1S/C37H29N3O2/c1-4-8-27-30-20-23(14-17-33(30)41-35(27)38)40(24-12-15-26-28-10-7-18-39-36(28)42-34(26)21-24)22-13-16-32-29(19-22)25-9-5-6-11-31(25)37(32,2)3/h4-21H,38H2,1-3H3/b8-4-. The van der Waals surface area contributed by atoms with Crippen LogP contribution in [-0.2, 0) is 5.41 Å². The van der Waals surface area contributed by atoms with Crippen LogP contribution in [0.1, 0.15) is 37.5 Å². The van der Waals surface area contributed by atoms with E-state index in [4.69, 9.17) is 14.6 Å². The summed E-state index contributed by atoms with van der Waals surface area (Å²) in [6, 6.07) is 32.1. The maximum Gasteiger partial charge on any atom is 0.227 e. The van der Waals surface area contributed by atoms with Gasteiger partial charge in [0.25, 0.3) is 0 Å².